The van der Waals surface area contributed by atoms with E-state index in [0.29, 0.717) is 0 Å². The van der Waals surface area contributed by atoms with Crippen LogP contribution < -0.4 is 11.1 Å². The topological polar surface area (TPSA) is 38.0 Å². The van der Waals surface area contributed by atoms with Crippen molar-refractivity contribution in [2.45, 2.75) is 6.04 Å². The summed E-state index contributed by atoms with van der Waals surface area (Å²) in [6, 6.07) is 0.110. The number of allylic oxidation sites excluding steroid dienone is 1. The summed E-state index contributed by atoms with van der Waals surface area (Å²) in [6.07, 6.45) is 8.24. The van der Waals surface area contributed by atoms with Gasteiger partial charge in [-0.2, -0.15) is 0 Å². The van der Waals surface area contributed by atoms with Gasteiger partial charge in [0.25, 0.3) is 0 Å². The molecule has 0 saturated carbocycles. The highest BCUT2D eigenvalue weighted by Gasteiger charge is 2.15. The Labute approximate surface area is 72.3 Å². The number of nitrogens with one attached hydrogen (secondary N) is 1. The Hall–Kier alpha value is -0.730. The van der Waals surface area contributed by atoms with E-state index in [9.17, 15) is 0 Å². The smallest absolute Gasteiger partial charge is 0.0505 e. The number of nitrogens with two attached hydrogens (primary N) is 1. The predicted molar refractivity (Wildman–Crippen MR) is 48.5 cm³/mol. The quantitative estimate of drug-likeness (QED) is 0.562. The third-order valence-electron chi connectivity index (χ3n) is 1.85. The van der Waals surface area contributed by atoms with Crippen molar-refractivity contribution in [2.24, 2.45) is 5.73 Å². The number of halogens is 1. The first kappa shape index (κ1) is 8.37. The van der Waals surface area contributed by atoms with Crippen LogP contribution in [0.4, 0.5) is 0 Å². The van der Waals surface area contributed by atoms with Crippen molar-refractivity contribution in [3.8, 4) is 0 Å². The lowest BCUT2D eigenvalue weighted by Gasteiger charge is -2.12. The monoisotopic (exact) mass is 170 g/mol. The molecule has 0 amide bonds. The minimum Gasteiger partial charge on any atom is -0.381 e. The van der Waals surface area contributed by atoms with Gasteiger partial charge in [0, 0.05) is 12.2 Å². The second kappa shape index (κ2) is 3.11. The van der Waals surface area contributed by atoms with Gasteiger partial charge in [0.05, 0.1) is 6.04 Å². The largest absolute Gasteiger partial charge is 0.381 e. The molecule has 0 bridgehead atoms. The first-order chi connectivity index (χ1) is 4.88. The molecule has 0 fully saturated rings. The lowest BCUT2D eigenvalue weighted by molar-refractivity contribution is 0.881. The summed E-state index contributed by atoms with van der Waals surface area (Å²) in [7, 11) is 0. The summed E-state index contributed by atoms with van der Waals surface area (Å²) in [4.78, 5) is 0. The zero-order valence-corrected chi connectivity index (χ0v) is 6.90. The van der Waals surface area contributed by atoms with E-state index in [1.165, 1.54) is 11.3 Å². The van der Waals surface area contributed by atoms with Crippen molar-refractivity contribution in [3.05, 3.63) is 35.6 Å². The highest BCUT2D eigenvalue weighted by Crippen LogP contribution is 2.18. The van der Waals surface area contributed by atoms with E-state index in [2.05, 4.69) is 17.5 Å². The third-order valence-corrected chi connectivity index (χ3v) is 1.85. The molecule has 1 aliphatic heterocycles. The summed E-state index contributed by atoms with van der Waals surface area (Å²) in [5.41, 5.74) is 8.16. The standard InChI is InChI=1S/C8H10N2.ClH/c9-7-3-4-8-6(7)2-1-5-10-8;/h1-4,7,10H,5,9H2;1H. The number of hydrogen-bond donors (Lipinski definition) is 2. The molecule has 1 heterocycles. The summed E-state index contributed by atoms with van der Waals surface area (Å²) in [5, 5.41) is 3.24. The Morgan fingerprint density at radius 1 is 1.45 bits per heavy atom. The maximum Gasteiger partial charge on any atom is 0.0505 e. The molecule has 0 aromatic heterocycles. The first-order valence-corrected chi connectivity index (χ1v) is 3.46. The molecule has 1 unspecified atom stereocenters. The van der Waals surface area contributed by atoms with Gasteiger partial charge in [-0.1, -0.05) is 18.2 Å². The van der Waals surface area contributed by atoms with E-state index in [0.717, 1.165) is 6.54 Å². The Bertz CT molecular complexity index is 230. The van der Waals surface area contributed by atoms with Crippen LogP contribution in [0.5, 0.6) is 0 Å². The molecule has 0 radical (unpaired) electrons. The lowest BCUT2D eigenvalue weighted by atomic mass is 10.1. The van der Waals surface area contributed by atoms with Crippen LogP contribution in [0.15, 0.2) is 35.6 Å². The minimum atomic E-state index is 0. The summed E-state index contributed by atoms with van der Waals surface area (Å²) >= 11 is 0. The summed E-state index contributed by atoms with van der Waals surface area (Å²) in [6.45, 7) is 0.926. The highest BCUT2D eigenvalue weighted by molar-refractivity contribution is 5.85. The molecule has 3 heteroatoms. The van der Waals surface area contributed by atoms with E-state index in [-0.39, 0.29) is 18.4 Å². The van der Waals surface area contributed by atoms with Gasteiger partial charge in [-0.05, 0) is 11.6 Å². The van der Waals surface area contributed by atoms with Crippen LogP contribution in [0.3, 0.4) is 0 Å². The Morgan fingerprint density at radius 3 is 3.00 bits per heavy atom. The van der Waals surface area contributed by atoms with Crippen LogP contribution in [0.25, 0.3) is 0 Å². The van der Waals surface area contributed by atoms with E-state index in [1.807, 2.05) is 12.2 Å². The normalized spacial score (nSPS) is 26.1. The fraction of sp³-hybridized carbons (Fsp3) is 0.250. The summed E-state index contributed by atoms with van der Waals surface area (Å²) < 4.78 is 0. The molecule has 0 aromatic rings. The SMILES string of the molecule is Cl.NC1C=CC2=C1C=CCN2. The fourth-order valence-electron chi connectivity index (χ4n) is 1.30. The molecule has 1 aliphatic carbocycles. The zero-order chi connectivity index (χ0) is 6.97. The van der Waals surface area contributed by atoms with Crippen LogP contribution in [-0.4, -0.2) is 12.6 Å². The second-order valence-electron chi connectivity index (χ2n) is 2.54. The van der Waals surface area contributed by atoms with Gasteiger partial charge in [-0.25, -0.2) is 0 Å². The zero-order valence-electron chi connectivity index (χ0n) is 6.08. The van der Waals surface area contributed by atoms with Crippen molar-refractivity contribution in [3.63, 3.8) is 0 Å². The molecular formula is C8H11ClN2. The lowest BCUT2D eigenvalue weighted by Crippen LogP contribution is -2.22. The second-order valence-corrected chi connectivity index (χ2v) is 2.54. The van der Waals surface area contributed by atoms with Crippen molar-refractivity contribution in [1.29, 1.82) is 0 Å². The number of hydrogen-bond acceptors (Lipinski definition) is 2. The van der Waals surface area contributed by atoms with Crippen LogP contribution in [0.1, 0.15) is 0 Å². The molecule has 0 aromatic carbocycles. The van der Waals surface area contributed by atoms with Crippen molar-refractivity contribution >= 4 is 12.4 Å². The van der Waals surface area contributed by atoms with Gasteiger partial charge < -0.3 is 11.1 Å². The average Bonchev–Trinajstić information content (AvgIpc) is 2.34. The molecular weight excluding hydrogens is 160 g/mol. The number of rotatable bonds is 0. The van der Waals surface area contributed by atoms with Crippen LogP contribution in [0.2, 0.25) is 0 Å². The summed E-state index contributed by atoms with van der Waals surface area (Å²) in [5.74, 6) is 0. The molecule has 2 aliphatic rings. The van der Waals surface area contributed by atoms with Gasteiger partial charge in [0.15, 0.2) is 0 Å². The molecule has 2 nitrogen and oxygen atoms in total. The van der Waals surface area contributed by atoms with E-state index >= 15 is 0 Å². The minimum absolute atomic E-state index is 0. The molecule has 1 atom stereocenters. The number of dihydropyridines is 1. The maximum absolute atomic E-state index is 5.75. The molecule has 3 N–H and O–H groups in total. The maximum atomic E-state index is 5.75. The van der Waals surface area contributed by atoms with Crippen LogP contribution >= 0.6 is 12.4 Å². The van der Waals surface area contributed by atoms with E-state index in [1.54, 1.807) is 0 Å². The average molecular weight is 171 g/mol. The Kier molecular flexibility index (Phi) is 2.37. The Morgan fingerprint density at radius 2 is 2.27 bits per heavy atom. The van der Waals surface area contributed by atoms with Crippen LogP contribution in [0, 0.1) is 0 Å². The van der Waals surface area contributed by atoms with E-state index < -0.39 is 0 Å². The van der Waals surface area contributed by atoms with Crippen molar-refractivity contribution in [2.75, 3.05) is 6.54 Å². The van der Waals surface area contributed by atoms with Gasteiger partial charge >= 0.3 is 0 Å². The molecule has 0 spiro atoms. The molecule has 11 heavy (non-hydrogen) atoms. The highest BCUT2D eigenvalue weighted by atomic mass is 35.5. The van der Waals surface area contributed by atoms with Gasteiger partial charge in [-0.3, -0.25) is 0 Å². The first-order valence-electron chi connectivity index (χ1n) is 3.46. The van der Waals surface area contributed by atoms with Gasteiger partial charge in [0.2, 0.25) is 0 Å². The molecule has 2 rings (SSSR count). The van der Waals surface area contributed by atoms with Crippen LogP contribution in [-0.2, 0) is 0 Å². The van der Waals surface area contributed by atoms with E-state index in [4.69, 9.17) is 5.73 Å². The van der Waals surface area contributed by atoms with Gasteiger partial charge in [-0.15, -0.1) is 12.4 Å². The van der Waals surface area contributed by atoms with Gasteiger partial charge in [0.1, 0.15) is 0 Å². The van der Waals surface area contributed by atoms with Crippen molar-refractivity contribution < 1.29 is 0 Å². The molecule has 60 valence electrons. The fourth-order valence-corrected chi connectivity index (χ4v) is 1.30. The third kappa shape index (κ3) is 1.32. The Balaban J connectivity index is 0.000000605. The molecule has 0 saturated heterocycles. The van der Waals surface area contributed by atoms with Crippen molar-refractivity contribution in [1.82, 2.24) is 5.32 Å². The predicted octanol–water partition coefficient (Wildman–Crippen LogP) is 0.719.